The van der Waals surface area contributed by atoms with Gasteiger partial charge in [0.05, 0.1) is 14.2 Å². The van der Waals surface area contributed by atoms with Gasteiger partial charge in [-0.1, -0.05) is 52.8 Å². The monoisotopic (exact) mass is 547 g/mol. The number of aliphatic carboxylic acids is 2. The highest BCUT2D eigenvalue weighted by molar-refractivity contribution is 6.27. The van der Waals surface area contributed by atoms with Crippen molar-refractivity contribution in [1.29, 1.82) is 0 Å². The third kappa shape index (κ3) is 12.2. The lowest BCUT2D eigenvalue weighted by Gasteiger charge is -2.33. The van der Waals surface area contributed by atoms with Crippen LogP contribution in [0.15, 0.2) is 42.5 Å². The van der Waals surface area contributed by atoms with E-state index in [1.807, 2.05) is 18.2 Å². The van der Waals surface area contributed by atoms with Gasteiger partial charge in [0.15, 0.2) is 0 Å². The van der Waals surface area contributed by atoms with Crippen LogP contribution in [0, 0.1) is 5.41 Å². The van der Waals surface area contributed by atoms with E-state index in [4.69, 9.17) is 34.0 Å². The van der Waals surface area contributed by atoms with E-state index >= 15 is 0 Å². The summed E-state index contributed by atoms with van der Waals surface area (Å²) in [6.07, 6.45) is 0.417. The lowest BCUT2D eigenvalue weighted by Crippen LogP contribution is -2.31. The number of methoxy groups -OCH3 is 2. The molecule has 0 spiro atoms. The molecule has 2 rings (SSSR count). The second kappa shape index (κ2) is 15.1. The second-order valence-electron chi connectivity index (χ2n) is 10.9. The summed E-state index contributed by atoms with van der Waals surface area (Å²) in [5, 5.41) is 28.3. The van der Waals surface area contributed by atoms with Crippen LogP contribution in [-0.4, -0.2) is 66.7 Å². The van der Waals surface area contributed by atoms with Crippen molar-refractivity contribution in [3.8, 4) is 11.5 Å². The fraction of sp³-hybridized carbons (Fsp3) is 0.483. The number of aliphatic hydroxyl groups is 1. The molecule has 10 nitrogen and oxygen atoms in total. The van der Waals surface area contributed by atoms with Crippen molar-refractivity contribution in [3.63, 3.8) is 0 Å². The van der Waals surface area contributed by atoms with Gasteiger partial charge in [-0.3, -0.25) is 0 Å². The van der Waals surface area contributed by atoms with Gasteiger partial charge in [-0.2, -0.15) is 0 Å². The minimum absolute atomic E-state index is 0.0788. The Hall–Kier alpha value is -3.63. The van der Waals surface area contributed by atoms with Crippen LogP contribution < -0.4 is 14.8 Å². The molecule has 216 valence electrons. The molecule has 0 heterocycles. The highest BCUT2D eigenvalue weighted by Crippen LogP contribution is 2.36. The van der Waals surface area contributed by atoms with Gasteiger partial charge in [0.25, 0.3) is 0 Å². The number of esters is 1. The quantitative estimate of drug-likeness (QED) is 0.241. The van der Waals surface area contributed by atoms with Gasteiger partial charge in [-0.15, -0.1) is 0 Å². The number of carbonyl (C=O) groups excluding carboxylic acids is 1. The summed E-state index contributed by atoms with van der Waals surface area (Å²) in [6.45, 7) is 12.3. The summed E-state index contributed by atoms with van der Waals surface area (Å²) in [5.41, 5.74) is 2.87. The standard InChI is InChI=1S/C27H39NO5.C2H2O4/c1-26(2,3)18-27(4,5)20-9-11-22(12-10-20)33-17-21(29)16-28-15-19-8-13-24(31-6)23(14-19)25(30)32-7;3-1(4)2(5)6/h8-14,21,28-29H,15-18H2,1-7H3;(H,3,4)(H,5,6). The molecule has 0 saturated heterocycles. The Labute approximate surface area is 229 Å². The normalized spacial score (nSPS) is 12.0. The molecular formula is C29H41NO9. The maximum Gasteiger partial charge on any atom is 0.414 e. The van der Waals surface area contributed by atoms with Gasteiger partial charge in [0.2, 0.25) is 0 Å². The maximum absolute atomic E-state index is 11.9. The van der Waals surface area contributed by atoms with Crippen molar-refractivity contribution in [2.24, 2.45) is 5.41 Å². The zero-order valence-corrected chi connectivity index (χ0v) is 23.7. The first kappa shape index (κ1) is 33.4. The van der Waals surface area contributed by atoms with Crippen LogP contribution in [0.1, 0.15) is 62.5 Å². The van der Waals surface area contributed by atoms with Crippen LogP contribution in [0.25, 0.3) is 0 Å². The van der Waals surface area contributed by atoms with Gasteiger partial charge >= 0.3 is 17.9 Å². The Kier molecular flexibility index (Phi) is 12.9. The molecular weight excluding hydrogens is 506 g/mol. The van der Waals surface area contributed by atoms with E-state index < -0.39 is 24.0 Å². The number of carboxylic acid groups (broad SMARTS) is 2. The number of aliphatic hydroxyl groups excluding tert-OH is 1. The first-order valence-corrected chi connectivity index (χ1v) is 12.4. The van der Waals surface area contributed by atoms with Crippen molar-refractivity contribution in [2.75, 3.05) is 27.4 Å². The largest absolute Gasteiger partial charge is 0.496 e. The fourth-order valence-electron chi connectivity index (χ4n) is 4.20. The molecule has 2 aromatic rings. The zero-order chi connectivity index (χ0) is 29.8. The Balaban J connectivity index is 0.00000113. The summed E-state index contributed by atoms with van der Waals surface area (Å²) < 4.78 is 15.8. The Morgan fingerprint density at radius 2 is 1.51 bits per heavy atom. The molecule has 0 aromatic heterocycles. The summed E-state index contributed by atoms with van der Waals surface area (Å²) in [7, 11) is 2.85. The van der Waals surface area contributed by atoms with Crippen molar-refractivity contribution < 1.29 is 43.9 Å². The van der Waals surface area contributed by atoms with Crippen LogP contribution in [0.4, 0.5) is 0 Å². The first-order valence-electron chi connectivity index (χ1n) is 12.4. The number of hydrogen-bond donors (Lipinski definition) is 4. The summed E-state index contributed by atoms with van der Waals surface area (Å²) in [5.74, 6) is -2.89. The SMILES string of the molecule is COC(=O)c1cc(CNCC(O)COc2ccc(C(C)(C)CC(C)(C)C)cc2)ccc1OC.O=C(O)C(=O)O. The average molecular weight is 548 g/mol. The smallest absolute Gasteiger partial charge is 0.414 e. The van der Waals surface area contributed by atoms with Gasteiger partial charge in [-0.25, -0.2) is 14.4 Å². The van der Waals surface area contributed by atoms with E-state index in [1.54, 1.807) is 12.1 Å². The Morgan fingerprint density at radius 3 is 2.00 bits per heavy atom. The van der Waals surface area contributed by atoms with Crippen molar-refractivity contribution in [3.05, 3.63) is 59.2 Å². The number of ether oxygens (including phenoxy) is 3. The van der Waals surface area contributed by atoms with Gasteiger partial charge in [0, 0.05) is 13.1 Å². The number of carboxylic acids is 2. The lowest BCUT2D eigenvalue weighted by molar-refractivity contribution is -0.159. The minimum atomic E-state index is -1.82. The molecule has 4 N–H and O–H groups in total. The first-order chi connectivity index (χ1) is 18.1. The zero-order valence-electron chi connectivity index (χ0n) is 23.7. The highest BCUT2D eigenvalue weighted by Gasteiger charge is 2.27. The second-order valence-corrected chi connectivity index (χ2v) is 10.9. The maximum atomic E-state index is 11.9. The highest BCUT2D eigenvalue weighted by atomic mass is 16.5. The molecule has 0 saturated carbocycles. The Morgan fingerprint density at radius 1 is 0.923 bits per heavy atom. The molecule has 39 heavy (non-hydrogen) atoms. The minimum Gasteiger partial charge on any atom is -0.496 e. The molecule has 0 fully saturated rings. The van der Waals surface area contributed by atoms with E-state index in [0.29, 0.717) is 24.4 Å². The number of hydrogen-bond acceptors (Lipinski definition) is 8. The van der Waals surface area contributed by atoms with Crippen LogP contribution in [-0.2, 0) is 26.3 Å². The fourth-order valence-corrected chi connectivity index (χ4v) is 4.20. The summed E-state index contributed by atoms with van der Waals surface area (Å²) >= 11 is 0. The molecule has 10 heteroatoms. The molecule has 2 aromatic carbocycles. The van der Waals surface area contributed by atoms with E-state index in [-0.39, 0.29) is 17.4 Å². The predicted molar refractivity (Wildman–Crippen MR) is 146 cm³/mol. The molecule has 0 bridgehead atoms. The van der Waals surface area contributed by atoms with Crippen molar-refractivity contribution in [2.45, 2.75) is 59.1 Å². The average Bonchev–Trinajstić information content (AvgIpc) is 2.86. The number of nitrogens with one attached hydrogen (secondary N) is 1. The molecule has 0 aliphatic heterocycles. The predicted octanol–water partition coefficient (Wildman–Crippen LogP) is 3.88. The summed E-state index contributed by atoms with van der Waals surface area (Å²) in [4.78, 5) is 30.1. The number of carbonyl (C=O) groups is 3. The van der Waals surface area contributed by atoms with Crippen LogP contribution in [0.2, 0.25) is 0 Å². The van der Waals surface area contributed by atoms with E-state index in [9.17, 15) is 9.90 Å². The molecule has 1 atom stereocenters. The topological polar surface area (TPSA) is 152 Å². The van der Waals surface area contributed by atoms with Crippen LogP contribution in [0.3, 0.4) is 0 Å². The molecule has 0 radical (unpaired) electrons. The third-order valence-corrected chi connectivity index (χ3v) is 5.61. The molecule has 0 aliphatic rings. The molecule has 1 unspecified atom stereocenters. The van der Waals surface area contributed by atoms with Crippen molar-refractivity contribution >= 4 is 17.9 Å². The number of benzene rings is 2. The van der Waals surface area contributed by atoms with Gasteiger partial charge in [-0.05, 0) is 52.6 Å². The van der Waals surface area contributed by atoms with Gasteiger partial charge < -0.3 is 34.8 Å². The van der Waals surface area contributed by atoms with E-state index in [2.05, 4.69) is 52.1 Å². The van der Waals surface area contributed by atoms with Crippen LogP contribution >= 0.6 is 0 Å². The molecule has 0 aliphatic carbocycles. The Bertz CT molecular complexity index is 1080. The van der Waals surface area contributed by atoms with Crippen LogP contribution in [0.5, 0.6) is 11.5 Å². The number of rotatable bonds is 11. The van der Waals surface area contributed by atoms with E-state index in [1.165, 1.54) is 19.8 Å². The van der Waals surface area contributed by atoms with E-state index in [0.717, 1.165) is 17.7 Å². The van der Waals surface area contributed by atoms with Gasteiger partial charge in [0.1, 0.15) is 29.8 Å². The van der Waals surface area contributed by atoms with Crippen molar-refractivity contribution in [1.82, 2.24) is 5.32 Å². The molecule has 0 amide bonds. The summed E-state index contributed by atoms with van der Waals surface area (Å²) in [6, 6.07) is 13.5. The lowest BCUT2D eigenvalue weighted by atomic mass is 9.72. The third-order valence-electron chi connectivity index (χ3n) is 5.61.